The Morgan fingerprint density at radius 3 is 1.36 bits per heavy atom. The molecule has 6 heteroatoms. The smallest absolute Gasteiger partial charge is 0.0978 e. The molecule has 3 heterocycles. The Kier molecular flexibility index (Phi) is 21.2. The van der Waals surface area contributed by atoms with Gasteiger partial charge in [0.05, 0.1) is 21.7 Å². The summed E-state index contributed by atoms with van der Waals surface area (Å²) in [5, 5.41) is 5.32. The molecule has 3 rings (SSSR count). The molecular weight excluding hydrogens is 463 g/mol. The maximum Gasteiger partial charge on any atom is 0.0978 e. The molecule has 0 amide bonds. The second-order valence-electron chi connectivity index (χ2n) is 9.33. The molecule has 0 bridgehead atoms. The summed E-state index contributed by atoms with van der Waals surface area (Å²) in [6.07, 6.45) is 3.79. The number of rotatable bonds is 0. The van der Waals surface area contributed by atoms with Gasteiger partial charge in [-0.15, -0.1) is 34.0 Å². The van der Waals surface area contributed by atoms with Crippen LogP contribution in [0, 0.1) is 0 Å². The molecular formula is C27H51N3S3. The van der Waals surface area contributed by atoms with Crippen molar-refractivity contribution in [2.75, 3.05) is 0 Å². The van der Waals surface area contributed by atoms with Crippen molar-refractivity contribution >= 4 is 34.0 Å². The van der Waals surface area contributed by atoms with E-state index in [1.54, 1.807) is 34.0 Å². The van der Waals surface area contributed by atoms with Crippen LogP contribution in [0.4, 0.5) is 0 Å². The van der Waals surface area contributed by atoms with E-state index in [1.807, 2.05) is 70.3 Å². The quantitative estimate of drug-likeness (QED) is 0.300. The van der Waals surface area contributed by atoms with E-state index >= 15 is 0 Å². The van der Waals surface area contributed by atoms with Crippen molar-refractivity contribution in [3.63, 3.8) is 0 Å². The molecule has 0 unspecified atom stereocenters. The minimum atomic E-state index is 0.222. The third-order valence-electron chi connectivity index (χ3n) is 3.45. The van der Waals surface area contributed by atoms with Crippen molar-refractivity contribution < 1.29 is 0 Å². The molecule has 0 aliphatic heterocycles. The average Bonchev–Trinajstić information content (AvgIpc) is 3.55. The molecule has 0 fully saturated rings. The first-order valence-corrected chi connectivity index (χ1v) is 14.7. The Labute approximate surface area is 218 Å². The van der Waals surface area contributed by atoms with E-state index in [0.717, 1.165) is 0 Å². The van der Waals surface area contributed by atoms with Crippen molar-refractivity contribution in [3.05, 3.63) is 49.8 Å². The average molecular weight is 514 g/mol. The fourth-order valence-electron chi connectivity index (χ4n) is 1.76. The van der Waals surface area contributed by atoms with Gasteiger partial charge < -0.3 is 0 Å². The van der Waals surface area contributed by atoms with E-state index in [1.165, 1.54) is 15.6 Å². The van der Waals surface area contributed by atoms with Gasteiger partial charge in [-0.3, -0.25) is 4.98 Å². The third kappa shape index (κ3) is 18.0. The van der Waals surface area contributed by atoms with Gasteiger partial charge in [0.25, 0.3) is 0 Å². The highest BCUT2D eigenvalue weighted by Gasteiger charge is 2.16. The minimum absolute atomic E-state index is 0.222. The summed E-state index contributed by atoms with van der Waals surface area (Å²) in [4.78, 5) is 13.8. The summed E-state index contributed by atoms with van der Waals surface area (Å²) >= 11 is 5.09. The molecule has 0 saturated carbocycles. The van der Waals surface area contributed by atoms with Crippen LogP contribution < -0.4 is 0 Å². The molecule has 3 nitrogen and oxygen atoms in total. The number of nitrogens with zero attached hydrogens (tertiary/aromatic N) is 3. The first kappa shape index (κ1) is 36.5. The molecule has 0 aliphatic carbocycles. The van der Waals surface area contributed by atoms with Crippen LogP contribution in [-0.2, 0) is 16.2 Å². The van der Waals surface area contributed by atoms with Crippen molar-refractivity contribution in [2.45, 2.75) is 120 Å². The van der Waals surface area contributed by atoms with Crippen LogP contribution in [-0.4, -0.2) is 15.0 Å². The predicted molar refractivity (Wildman–Crippen MR) is 156 cm³/mol. The van der Waals surface area contributed by atoms with Gasteiger partial charge in [0.1, 0.15) is 0 Å². The van der Waals surface area contributed by atoms with Gasteiger partial charge in [-0.1, -0.05) is 104 Å². The Morgan fingerprint density at radius 1 is 0.636 bits per heavy atom. The summed E-state index contributed by atoms with van der Waals surface area (Å²) in [6.45, 7) is 31.6. The summed E-state index contributed by atoms with van der Waals surface area (Å²) in [6, 6.07) is 0. The minimum Gasteiger partial charge on any atom is -0.253 e. The van der Waals surface area contributed by atoms with Gasteiger partial charge in [-0.05, 0) is 5.41 Å². The van der Waals surface area contributed by atoms with E-state index in [9.17, 15) is 0 Å². The zero-order chi connectivity index (χ0) is 26.7. The highest BCUT2D eigenvalue weighted by Crippen LogP contribution is 2.25. The number of hydrogen-bond donors (Lipinski definition) is 0. The normalized spacial score (nSPS) is 10.3. The molecule has 0 saturated heterocycles. The SMILES string of the molecule is CC.CC.CC.CC(C)(C)c1cncs1.CC(C)(C)c1cscn1.CC(C)(C)c1nccs1. The van der Waals surface area contributed by atoms with Crippen LogP contribution in [0.1, 0.15) is 119 Å². The Hall–Kier alpha value is -1.11. The standard InChI is InChI=1S/3C7H11NS.3C2H6/c1-7(2,3)6-4-9-5-8-6;1-7(2,3)6-4-8-5-9-6;1-7(2,3)6-8-4-5-9-6;3*1-2/h3*4-5H,1-3H3;3*1-2H3. The summed E-state index contributed by atoms with van der Waals surface area (Å²) in [7, 11) is 0. The molecule has 0 aliphatic rings. The highest BCUT2D eigenvalue weighted by molar-refractivity contribution is 7.10. The van der Waals surface area contributed by atoms with Gasteiger partial charge in [-0.2, -0.15) is 0 Å². The van der Waals surface area contributed by atoms with E-state index in [4.69, 9.17) is 0 Å². The van der Waals surface area contributed by atoms with Gasteiger partial charge in [-0.25, -0.2) is 9.97 Å². The maximum atomic E-state index is 4.21. The lowest BCUT2D eigenvalue weighted by molar-refractivity contribution is 0.573. The zero-order valence-electron chi connectivity index (χ0n) is 24.0. The lowest BCUT2D eigenvalue weighted by atomic mass is 9.93. The zero-order valence-corrected chi connectivity index (χ0v) is 26.5. The molecule has 0 N–H and O–H groups in total. The molecule has 0 radical (unpaired) electrons. The van der Waals surface area contributed by atoms with E-state index in [0.29, 0.717) is 0 Å². The van der Waals surface area contributed by atoms with Gasteiger partial charge in [0, 0.05) is 38.9 Å². The monoisotopic (exact) mass is 513 g/mol. The van der Waals surface area contributed by atoms with Crippen molar-refractivity contribution in [3.8, 4) is 0 Å². The fraction of sp³-hybridized carbons (Fsp3) is 0.667. The maximum absolute atomic E-state index is 4.21. The first-order chi connectivity index (χ1) is 15.3. The Bertz CT molecular complexity index is 621. The van der Waals surface area contributed by atoms with Crippen molar-refractivity contribution in [1.82, 2.24) is 15.0 Å². The predicted octanol–water partition coefficient (Wildman–Crippen LogP) is 10.4. The van der Waals surface area contributed by atoms with Gasteiger partial charge in [0.15, 0.2) is 0 Å². The number of hydrogen-bond acceptors (Lipinski definition) is 6. The topological polar surface area (TPSA) is 38.7 Å². The Morgan fingerprint density at radius 2 is 1.18 bits per heavy atom. The molecule has 0 aromatic carbocycles. The number of aromatic nitrogens is 3. The second-order valence-corrected chi connectivity index (χ2v) is 11.8. The van der Waals surface area contributed by atoms with Crippen molar-refractivity contribution in [2.24, 2.45) is 0 Å². The molecule has 3 aromatic rings. The van der Waals surface area contributed by atoms with Crippen LogP contribution in [0.25, 0.3) is 0 Å². The molecule has 0 atom stereocenters. The van der Waals surface area contributed by atoms with Gasteiger partial charge >= 0.3 is 0 Å². The highest BCUT2D eigenvalue weighted by atomic mass is 32.1. The van der Waals surface area contributed by atoms with E-state index < -0.39 is 0 Å². The lowest BCUT2D eigenvalue weighted by Gasteiger charge is -2.13. The fourth-order valence-corrected chi connectivity index (χ4v) is 3.98. The van der Waals surface area contributed by atoms with Crippen LogP contribution in [0.2, 0.25) is 0 Å². The largest absolute Gasteiger partial charge is 0.253 e. The second kappa shape index (κ2) is 19.2. The van der Waals surface area contributed by atoms with Crippen LogP contribution in [0.5, 0.6) is 0 Å². The summed E-state index contributed by atoms with van der Waals surface area (Å²) in [5.74, 6) is 0. The first-order valence-electron chi connectivity index (χ1n) is 12.0. The lowest BCUT2D eigenvalue weighted by Crippen LogP contribution is -2.10. The van der Waals surface area contributed by atoms with E-state index in [-0.39, 0.29) is 16.2 Å². The van der Waals surface area contributed by atoms with Crippen LogP contribution >= 0.6 is 34.0 Å². The van der Waals surface area contributed by atoms with Gasteiger partial charge in [0.2, 0.25) is 0 Å². The number of thiazole rings is 3. The Balaban J connectivity index is -0.000000367. The summed E-state index contributed by atoms with van der Waals surface area (Å²) in [5.41, 5.74) is 5.67. The third-order valence-corrected chi connectivity index (χ3v) is 6.43. The van der Waals surface area contributed by atoms with Crippen LogP contribution in [0.15, 0.2) is 34.2 Å². The molecule has 3 aromatic heterocycles. The molecule has 33 heavy (non-hydrogen) atoms. The summed E-state index contributed by atoms with van der Waals surface area (Å²) < 4.78 is 0. The van der Waals surface area contributed by atoms with Crippen molar-refractivity contribution in [1.29, 1.82) is 0 Å². The molecule has 0 spiro atoms. The molecule has 192 valence electrons. The van der Waals surface area contributed by atoms with E-state index in [2.05, 4.69) is 82.6 Å². The van der Waals surface area contributed by atoms with Crippen LogP contribution in [0.3, 0.4) is 0 Å².